The highest BCUT2D eigenvalue weighted by Crippen LogP contribution is 2.38. The van der Waals surface area contributed by atoms with Crippen LogP contribution in [0.2, 0.25) is 0 Å². The summed E-state index contributed by atoms with van der Waals surface area (Å²) < 4.78 is 28.3. The lowest BCUT2D eigenvalue weighted by Gasteiger charge is -2.27. The summed E-state index contributed by atoms with van der Waals surface area (Å²) in [4.78, 5) is 11.9. The molecule has 1 aliphatic rings. The van der Waals surface area contributed by atoms with E-state index in [1.54, 1.807) is 0 Å². The molecular weight excluding hydrogens is 350 g/mol. The van der Waals surface area contributed by atoms with Gasteiger partial charge in [-0.1, -0.05) is 53.7 Å². The van der Waals surface area contributed by atoms with E-state index < -0.39 is 22.0 Å². The predicted octanol–water partition coefficient (Wildman–Crippen LogP) is 4.29. The van der Waals surface area contributed by atoms with Gasteiger partial charge in [0.2, 0.25) is 10.0 Å². The minimum absolute atomic E-state index is 0.0295. The van der Waals surface area contributed by atoms with E-state index in [4.69, 9.17) is 0 Å². The largest absolute Gasteiger partial charge is 0.480 e. The van der Waals surface area contributed by atoms with E-state index in [0.29, 0.717) is 23.7 Å². The van der Waals surface area contributed by atoms with Crippen molar-refractivity contribution in [1.29, 1.82) is 0 Å². The number of carboxylic acid groups (broad SMARTS) is 1. The van der Waals surface area contributed by atoms with Crippen LogP contribution in [0.1, 0.15) is 88.8 Å². The summed E-state index contributed by atoms with van der Waals surface area (Å²) >= 11 is 0. The Hall–Kier alpha value is -1.40. The topological polar surface area (TPSA) is 74.7 Å². The van der Waals surface area contributed by atoms with E-state index in [0.717, 1.165) is 16.7 Å². The van der Waals surface area contributed by atoms with Crippen molar-refractivity contribution >= 4 is 16.0 Å². The zero-order valence-corrected chi connectivity index (χ0v) is 17.4. The van der Waals surface area contributed by atoms with Crippen LogP contribution in [0.4, 0.5) is 0 Å². The third kappa shape index (κ3) is 3.81. The highest BCUT2D eigenvalue weighted by molar-refractivity contribution is 7.89. The average Bonchev–Trinajstić information content (AvgIpc) is 3.03. The first-order chi connectivity index (χ1) is 12.0. The summed E-state index contributed by atoms with van der Waals surface area (Å²) in [5.41, 5.74) is 2.69. The van der Waals surface area contributed by atoms with Crippen LogP contribution in [0.3, 0.4) is 0 Å². The predicted molar refractivity (Wildman–Crippen MR) is 103 cm³/mol. The van der Waals surface area contributed by atoms with Crippen molar-refractivity contribution in [2.45, 2.75) is 83.1 Å². The fourth-order valence-corrected chi connectivity index (χ4v) is 5.90. The lowest BCUT2D eigenvalue weighted by Crippen LogP contribution is -2.41. The van der Waals surface area contributed by atoms with E-state index in [9.17, 15) is 18.3 Å². The van der Waals surface area contributed by atoms with Crippen molar-refractivity contribution in [3.05, 3.63) is 28.8 Å². The van der Waals surface area contributed by atoms with Crippen molar-refractivity contribution in [1.82, 2.24) is 4.31 Å². The van der Waals surface area contributed by atoms with E-state index >= 15 is 0 Å². The molecule has 0 bridgehead atoms. The number of hydrogen-bond donors (Lipinski definition) is 1. The van der Waals surface area contributed by atoms with Crippen LogP contribution in [0.15, 0.2) is 17.0 Å². The fraction of sp³-hybridized carbons (Fsp3) is 0.650. The van der Waals surface area contributed by atoms with Gasteiger partial charge in [-0.3, -0.25) is 4.79 Å². The Morgan fingerprint density at radius 2 is 1.54 bits per heavy atom. The molecule has 1 heterocycles. The summed E-state index contributed by atoms with van der Waals surface area (Å²) in [5, 5.41) is 9.46. The van der Waals surface area contributed by atoms with Crippen LogP contribution >= 0.6 is 0 Å². The van der Waals surface area contributed by atoms with Crippen LogP contribution < -0.4 is 0 Å². The molecule has 0 radical (unpaired) electrons. The molecule has 0 saturated carbocycles. The molecule has 2 rings (SSSR count). The quantitative estimate of drug-likeness (QED) is 0.797. The number of carboxylic acids is 1. The number of aliphatic carboxylic acids is 1. The molecule has 1 aromatic carbocycles. The van der Waals surface area contributed by atoms with Crippen molar-refractivity contribution in [2.24, 2.45) is 0 Å². The van der Waals surface area contributed by atoms with Gasteiger partial charge in [-0.05, 0) is 47.3 Å². The SMILES string of the molecule is CC(C)c1cc(C(C)C)c(S(=O)(=O)N2CCCC2C(=O)O)c(C(C)C)c1. The number of nitrogens with zero attached hydrogens (tertiary/aromatic N) is 1. The van der Waals surface area contributed by atoms with E-state index in [-0.39, 0.29) is 18.4 Å². The van der Waals surface area contributed by atoms with Gasteiger partial charge >= 0.3 is 5.97 Å². The molecule has 6 heteroatoms. The minimum atomic E-state index is -3.87. The Morgan fingerprint density at radius 1 is 1.04 bits per heavy atom. The monoisotopic (exact) mass is 381 g/mol. The Labute approximate surface area is 157 Å². The molecule has 1 atom stereocenters. The van der Waals surface area contributed by atoms with Crippen molar-refractivity contribution in [3.8, 4) is 0 Å². The van der Waals surface area contributed by atoms with E-state index in [2.05, 4.69) is 13.8 Å². The third-order valence-corrected chi connectivity index (χ3v) is 7.18. The number of carbonyl (C=O) groups is 1. The minimum Gasteiger partial charge on any atom is -0.480 e. The summed E-state index contributed by atoms with van der Waals surface area (Å²) in [6.07, 6.45) is 0.945. The maximum atomic E-state index is 13.5. The summed E-state index contributed by atoms with van der Waals surface area (Å²) in [6.45, 7) is 12.4. The number of benzene rings is 1. The van der Waals surface area contributed by atoms with E-state index in [1.807, 2.05) is 39.8 Å². The summed E-state index contributed by atoms with van der Waals surface area (Å²) in [7, 11) is -3.87. The van der Waals surface area contributed by atoms with Crippen LogP contribution in [-0.2, 0) is 14.8 Å². The first kappa shape index (κ1) is 20.9. The van der Waals surface area contributed by atoms with Gasteiger partial charge in [0, 0.05) is 6.54 Å². The molecule has 26 heavy (non-hydrogen) atoms. The number of sulfonamides is 1. The number of hydrogen-bond acceptors (Lipinski definition) is 3. The van der Waals surface area contributed by atoms with E-state index in [1.165, 1.54) is 4.31 Å². The molecule has 0 aromatic heterocycles. The fourth-order valence-electron chi connectivity index (χ4n) is 3.58. The first-order valence-electron chi connectivity index (χ1n) is 9.40. The molecule has 1 aliphatic heterocycles. The second-order valence-electron chi connectivity index (χ2n) is 8.10. The van der Waals surface area contributed by atoms with Crippen LogP contribution in [0.25, 0.3) is 0 Å². The normalized spacial score (nSPS) is 19.0. The van der Waals surface area contributed by atoms with Gasteiger partial charge in [0.1, 0.15) is 6.04 Å². The summed E-state index contributed by atoms with van der Waals surface area (Å²) in [5.74, 6) is -0.717. The number of rotatable bonds is 6. The van der Waals surface area contributed by atoms with Gasteiger partial charge in [-0.25, -0.2) is 8.42 Å². The maximum Gasteiger partial charge on any atom is 0.322 e. The standard InChI is InChI=1S/C20H31NO4S/c1-12(2)15-10-16(13(3)4)19(17(11-15)14(5)6)26(24,25)21-9-7-8-18(21)20(22)23/h10-14,18H,7-9H2,1-6H3,(H,22,23). The molecule has 1 unspecified atom stereocenters. The molecule has 5 nitrogen and oxygen atoms in total. The maximum absolute atomic E-state index is 13.5. The molecule has 0 aliphatic carbocycles. The Kier molecular flexibility index (Phi) is 6.18. The van der Waals surface area contributed by atoms with Crippen LogP contribution in [0, 0.1) is 0 Å². The van der Waals surface area contributed by atoms with Gasteiger partial charge in [0.25, 0.3) is 0 Å². The lowest BCUT2D eigenvalue weighted by atomic mass is 9.89. The Balaban J connectivity index is 2.75. The highest BCUT2D eigenvalue weighted by Gasteiger charge is 2.41. The third-order valence-electron chi connectivity index (χ3n) is 5.13. The second-order valence-corrected chi connectivity index (χ2v) is 9.93. The molecule has 1 saturated heterocycles. The molecule has 1 N–H and O–H groups in total. The summed E-state index contributed by atoms with van der Waals surface area (Å²) in [6, 6.07) is 3.00. The van der Waals surface area contributed by atoms with Gasteiger partial charge < -0.3 is 5.11 Å². The first-order valence-corrected chi connectivity index (χ1v) is 10.8. The second kappa shape index (κ2) is 7.69. The van der Waals surface area contributed by atoms with Crippen molar-refractivity contribution < 1.29 is 18.3 Å². The lowest BCUT2D eigenvalue weighted by molar-refractivity contribution is -0.140. The molecule has 1 fully saturated rings. The molecule has 1 aromatic rings. The molecule has 146 valence electrons. The Morgan fingerprint density at radius 3 is 1.92 bits per heavy atom. The molecule has 0 spiro atoms. The van der Waals surface area contributed by atoms with Crippen LogP contribution in [-0.4, -0.2) is 36.4 Å². The average molecular weight is 382 g/mol. The Bertz CT molecular complexity index is 752. The zero-order chi connectivity index (χ0) is 19.8. The smallest absolute Gasteiger partial charge is 0.322 e. The van der Waals surface area contributed by atoms with Crippen molar-refractivity contribution in [3.63, 3.8) is 0 Å². The highest BCUT2D eigenvalue weighted by atomic mass is 32.2. The zero-order valence-electron chi connectivity index (χ0n) is 16.6. The van der Waals surface area contributed by atoms with Crippen LogP contribution in [0.5, 0.6) is 0 Å². The molecular formula is C20H31NO4S. The van der Waals surface area contributed by atoms with Gasteiger partial charge in [0.15, 0.2) is 0 Å². The van der Waals surface area contributed by atoms with Gasteiger partial charge in [-0.2, -0.15) is 4.31 Å². The van der Waals surface area contributed by atoms with Gasteiger partial charge in [-0.15, -0.1) is 0 Å². The van der Waals surface area contributed by atoms with Crippen molar-refractivity contribution in [2.75, 3.05) is 6.54 Å². The van der Waals surface area contributed by atoms with Gasteiger partial charge in [0.05, 0.1) is 4.90 Å². The molecule has 0 amide bonds.